The Bertz CT molecular complexity index is 3470. The first-order valence-corrected chi connectivity index (χ1v) is 19.8. The molecule has 0 N–H and O–H groups in total. The van der Waals surface area contributed by atoms with Crippen molar-refractivity contribution in [3.8, 4) is 16.8 Å². The Morgan fingerprint density at radius 3 is 1.88 bits per heavy atom. The molecule has 12 rings (SSSR count). The second kappa shape index (κ2) is 12.0. The zero-order chi connectivity index (χ0) is 36.9. The molecule has 0 aliphatic rings. The number of anilines is 3. The number of halogens is 1. The van der Waals surface area contributed by atoms with E-state index in [9.17, 15) is 4.39 Å². The molecule has 12 aromatic rings. The Balaban J connectivity index is 1.02. The lowest BCUT2D eigenvalue weighted by atomic mass is 9.88. The van der Waals surface area contributed by atoms with Gasteiger partial charge in [-0.2, -0.15) is 0 Å². The molecule has 56 heavy (non-hydrogen) atoms. The second-order valence-corrected chi connectivity index (χ2v) is 15.7. The number of aromatic nitrogens is 1. The van der Waals surface area contributed by atoms with Crippen molar-refractivity contribution in [2.45, 2.75) is 0 Å². The average molecular weight is 735 g/mol. The van der Waals surface area contributed by atoms with Gasteiger partial charge in [-0.05, 0) is 122 Å². The fourth-order valence-electron chi connectivity index (χ4n) is 9.12. The highest BCUT2D eigenvalue weighted by Crippen LogP contribution is 2.46. The molecule has 0 aliphatic carbocycles. The number of hydrogen-bond donors (Lipinski definition) is 0. The maximum Gasteiger partial charge on any atom is 0.123 e. The zero-order valence-corrected chi connectivity index (χ0v) is 30.9. The number of nitrogens with zero attached hydrogens (tertiary/aromatic N) is 2. The molecule has 0 saturated carbocycles. The summed E-state index contributed by atoms with van der Waals surface area (Å²) in [6.45, 7) is 0. The van der Waals surface area contributed by atoms with Crippen molar-refractivity contribution in [1.29, 1.82) is 0 Å². The third kappa shape index (κ3) is 4.60. The quantitative estimate of drug-likeness (QED) is 0.160. The van der Waals surface area contributed by atoms with E-state index < -0.39 is 0 Å². The number of benzene rings is 10. The van der Waals surface area contributed by atoms with Gasteiger partial charge in [0.2, 0.25) is 0 Å². The van der Waals surface area contributed by atoms with Crippen LogP contribution in [0.4, 0.5) is 21.5 Å². The summed E-state index contributed by atoms with van der Waals surface area (Å²) in [4.78, 5) is 2.22. The van der Waals surface area contributed by atoms with Gasteiger partial charge < -0.3 is 9.47 Å². The van der Waals surface area contributed by atoms with E-state index in [1.54, 1.807) is 11.3 Å². The van der Waals surface area contributed by atoms with Gasteiger partial charge in [0, 0.05) is 53.7 Å². The van der Waals surface area contributed by atoms with Crippen molar-refractivity contribution in [3.05, 3.63) is 194 Å². The van der Waals surface area contributed by atoms with Gasteiger partial charge in [-0.3, -0.25) is 0 Å². The molecule has 0 unspecified atom stereocenters. The largest absolute Gasteiger partial charge is 0.310 e. The standard InChI is InChI=1S/C52H31FN2S/c53-35-19-23-38(24-20-35)54(39-25-27-42-41-10-5-7-13-48(41)56-49(42)31-39)37-21-16-32(17-22-37)40-26-18-33-14-15-34-30-47-52(45-29-28-43(40)50(33)51(34)45)44-11-4-6-12-46(44)55(47)36-8-2-1-3-9-36/h1-31H. The number of thiophene rings is 1. The molecular formula is C52H31FN2S. The predicted molar refractivity (Wildman–Crippen MR) is 237 cm³/mol. The Labute approximate surface area is 325 Å². The minimum Gasteiger partial charge on any atom is -0.310 e. The first kappa shape index (κ1) is 31.4. The molecule has 0 radical (unpaired) electrons. The summed E-state index contributed by atoms with van der Waals surface area (Å²) in [5, 5.41) is 12.7. The molecule has 0 saturated heterocycles. The van der Waals surface area contributed by atoms with Crippen molar-refractivity contribution in [1.82, 2.24) is 4.57 Å². The smallest absolute Gasteiger partial charge is 0.123 e. The molecule has 0 aliphatic heterocycles. The van der Waals surface area contributed by atoms with E-state index in [0.717, 1.165) is 28.3 Å². The van der Waals surface area contributed by atoms with Gasteiger partial charge >= 0.3 is 0 Å². The van der Waals surface area contributed by atoms with Gasteiger partial charge in [-0.25, -0.2) is 4.39 Å². The van der Waals surface area contributed by atoms with E-state index >= 15 is 0 Å². The van der Waals surface area contributed by atoms with Crippen molar-refractivity contribution in [2.24, 2.45) is 0 Å². The van der Waals surface area contributed by atoms with Gasteiger partial charge in [0.1, 0.15) is 5.82 Å². The Morgan fingerprint density at radius 1 is 0.411 bits per heavy atom. The van der Waals surface area contributed by atoms with E-state index in [2.05, 4.69) is 173 Å². The molecule has 2 nitrogen and oxygen atoms in total. The maximum absolute atomic E-state index is 14.2. The Hall–Kier alpha value is -7.01. The molecule has 0 atom stereocenters. The molecule has 0 fully saturated rings. The van der Waals surface area contributed by atoms with Crippen molar-refractivity contribution < 1.29 is 4.39 Å². The predicted octanol–water partition coefficient (Wildman–Crippen LogP) is 15.3. The minimum atomic E-state index is -0.249. The Kier molecular flexibility index (Phi) is 6.72. The zero-order valence-electron chi connectivity index (χ0n) is 30.1. The third-order valence-corrected chi connectivity index (χ3v) is 12.7. The van der Waals surface area contributed by atoms with Crippen LogP contribution in [0.25, 0.3) is 91.1 Å². The summed E-state index contributed by atoms with van der Waals surface area (Å²) >= 11 is 1.80. The fourth-order valence-corrected chi connectivity index (χ4v) is 10.3. The van der Waals surface area contributed by atoms with Crippen molar-refractivity contribution in [2.75, 3.05) is 4.90 Å². The summed E-state index contributed by atoms with van der Waals surface area (Å²) < 4.78 is 19.1. The monoisotopic (exact) mass is 734 g/mol. The van der Waals surface area contributed by atoms with E-state index in [1.807, 2.05) is 12.1 Å². The highest BCUT2D eigenvalue weighted by atomic mass is 32.1. The molecular weight excluding hydrogens is 704 g/mol. The molecule has 262 valence electrons. The summed E-state index contributed by atoms with van der Waals surface area (Å²) in [6.07, 6.45) is 0. The molecule has 2 heterocycles. The molecule has 10 aromatic carbocycles. The topological polar surface area (TPSA) is 8.17 Å². The van der Waals surface area contributed by atoms with Crippen molar-refractivity contribution in [3.63, 3.8) is 0 Å². The lowest BCUT2D eigenvalue weighted by Gasteiger charge is -2.26. The van der Waals surface area contributed by atoms with Crippen LogP contribution >= 0.6 is 11.3 Å². The van der Waals surface area contributed by atoms with E-state index in [1.165, 1.54) is 92.0 Å². The highest BCUT2D eigenvalue weighted by Gasteiger charge is 2.20. The first-order valence-electron chi connectivity index (χ1n) is 18.9. The summed E-state index contributed by atoms with van der Waals surface area (Å²) in [6, 6.07) is 66.4. The number of fused-ring (bicyclic) bond motifs is 7. The van der Waals surface area contributed by atoms with E-state index in [0.29, 0.717) is 0 Å². The van der Waals surface area contributed by atoms with Crippen molar-refractivity contribution >= 4 is 103 Å². The summed E-state index contributed by atoms with van der Waals surface area (Å²) in [7, 11) is 0. The fraction of sp³-hybridized carbons (Fsp3) is 0. The van der Waals surface area contributed by atoms with Gasteiger partial charge in [-0.1, -0.05) is 109 Å². The van der Waals surface area contributed by atoms with Crippen LogP contribution in [0.15, 0.2) is 188 Å². The van der Waals surface area contributed by atoms with Crippen LogP contribution in [0.5, 0.6) is 0 Å². The van der Waals surface area contributed by atoms with E-state index in [-0.39, 0.29) is 5.82 Å². The molecule has 0 bridgehead atoms. The lowest BCUT2D eigenvalue weighted by molar-refractivity contribution is 0.628. The van der Waals surface area contributed by atoms with Crippen LogP contribution in [-0.4, -0.2) is 4.57 Å². The molecule has 0 spiro atoms. The number of para-hydroxylation sites is 2. The van der Waals surface area contributed by atoms with Gasteiger partial charge in [0.25, 0.3) is 0 Å². The SMILES string of the molecule is Fc1ccc(N(c2ccc(-c3ccc4ccc5cc6c(c7ccc3c4c57)c3ccccc3n6-c3ccccc3)cc2)c2ccc3c(c2)sc2ccccc23)cc1. The molecule has 2 aromatic heterocycles. The van der Waals surface area contributed by atoms with Gasteiger partial charge in [-0.15, -0.1) is 11.3 Å². The molecule has 0 amide bonds. The summed E-state index contributed by atoms with van der Waals surface area (Å²) in [5.74, 6) is -0.249. The maximum atomic E-state index is 14.2. The second-order valence-electron chi connectivity index (χ2n) is 14.6. The number of hydrogen-bond acceptors (Lipinski definition) is 2. The molecule has 4 heteroatoms. The highest BCUT2D eigenvalue weighted by molar-refractivity contribution is 7.25. The van der Waals surface area contributed by atoms with Crippen LogP contribution in [0, 0.1) is 5.82 Å². The van der Waals surface area contributed by atoms with Gasteiger partial charge in [0.15, 0.2) is 0 Å². The lowest BCUT2D eigenvalue weighted by Crippen LogP contribution is -2.09. The average Bonchev–Trinajstić information content (AvgIpc) is 3.79. The Morgan fingerprint density at radius 2 is 1.04 bits per heavy atom. The first-order chi connectivity index (χ1) is 27.7. The van der Waals surface area contributed by atoms with Crippen LogP contribution in [0.2, 0.25) is 0 Å². The normalized spacial score (nSPS) is 12.0. The minimum absolute atomic E-state index is 0.249. The van der Waals surface area contributed by atoms with Crippen LogP contribution in [0.1, 0.15) is 0 Å². The van der Waals surface area contributed by atoms with Crippen LogP contribution in [-0.2, 0) is 0 Å². The van der Waals surface area contributed by atoms with Crippen LogP contribution in [0.3, 0.4) is 0 Å². The van der Waals surface area contributed by atoms with E-state index in [4.69, 9.17) is 0 Å². The number of rotatable bonds is 5. The van der Waals surface area contributed by atoms with Gasteiger partial charge in [0.05, 0.1) is 11.0 Å². The summed E-state index contributed by atoms with van der Waals surface area (Å²) in [5.41, 5.74) is 8.89. The van der Waals surface area contributed by atoms with Crippen LogP contribution < -0.4 is 4.90 Å². The third-order valence-electron chi connectivity index (χ3n) is 11.6.